The SMILES string of the molecule is C=C(NC1CCOC[C@@H]1O)c1nn(Cc2ccc(OC)cc2)c2ccccc2c1=O. The highest BCUT2D eigenvalue weighted by Crippen LogP contribution is 2.17. The number of methoxy groups -OCH3 is 1. The van der Waals surface area contributed by atoms with Gasteiger partial charge in [0, 0.05) is 12.0 Å². The Labute approximate surface area is 174 Å². The van der Waals surface area contributed by atoms with Crippen molar-refractivity contribution in [1.29, 1.82) is 0 Å². The highest BCUT2D eigenvalue weighted by molar-refractivity contribution is 5.81. The molecule has 1 aliphatic heterocycles. The number of hydrogen-bond donors (Lipinski definition) is 2. The van der Waals surface area contributed by atoms with Gasteiger partial charge >= 0.3 is 0 Å². The molecule has 1 unspecified atom stereocenters. The summed E-state index contributed by atoms with van der Waals surface area (Å²) < 4.78 is 12.3. The molecule has 3 aromatic rings. The van der Waals surface area contributed by atoms with Crippen LogP contribution in [0.15, 0.2) is 59.9 Å². The van der Waals surface area contributed by atoms with E-state index in [9.17, 15) is 9.90 Å². The first kappa shape index (κ1) is 20.1. The van der Waals surface area contributed by atoms with Crippen molar-refractivity contribution in [3.63, 3.8) is 0 Å². The van der Waals surface area contributed by atoms with Crippen LogP contribution in [0.5, 0.6) is 5.75 Å². The lowest BCUT2D eigenvalue weighted by Crippen LogP contribution is -2.46. The molecule has 4 rings (SSSR count). The average molecular weight is 407 g/mol. The minimum Gasteiger partial charge on any atom is -0.497 e. The first-order valence-electron chi connectivity index (χ1n) is 9.91. The van der Waals surface area contributed by atoms with Crippen LogP contribution in [0.2, 0.25) is 0 Å². The fourth-order valence-corrected chi connectivity index (χ4v) is 3.64. The van der Waals surface area contributed by atoms with Gasteiger partial charge in [-0.25, -0.2) is 0 Å². The zero-order chi connectivity index (χ0) is 21.1. The Kier molecular flexibility index (Phi) is 5.83. The molecular weight excluding hydrogens is 382 g/mol. The molecule has 2 aromatic carbocycles. The van der Waals surface area contributed by atoms with Gasteiger partial charge in [0.15, 0.2) is 5.69 Å². The van der Waals surface area contributed by atoms with Crippen molar-refractivity contribution in [2.45, 2.75) is 25.1 Å². The summed E-state index contributed by atoms with van der Waals surface area (Å²) in [5.74, 6) is 0.782. The second kappa shape index (κ2) is 8.69. The Balaban J connectivity index is 1.70. The van der Waals surface area contributed by atoms with Crippen molar-refractivity contribution < 1.29 is 14.6 Å². The van der Waals surface area contributed by atoms with Gasteiger partial charge in [0.2, 0.25) is 5.43 Å². The third-order valence-electron chi connectivity index (χ3n) is 5.33. The molecule has 2 N–H and O–H groups in total. The van der Waals surface area contributed by atoms with Gasteiger partial charge in [-0.05, 0) is 36.2 Å². The van der Waals surface area contributed by atoms with E-state index in [1.165, 1.54) is 0 Å². The summed E-state index contributed by atoms with van der Waals surface area (Å²) in [6.45, 7) is 5.34. The summed E-state index contributed by atoms with van der Waals surface area (Å²) in [5.41, 5.74) is 2.25. The lowest BCUT2D eigenvalue weighted by molar-refractivity contribution is -0.0237. The Bertz CT molecular complexity index is 1110. The van der Waals surface area contributed by atoms with Gasteiger partial charge in [0.1, 0.15) is 5.75 Å². The zero-order valence-electron chi connectivity index (χ0n) is 16.9. The summed E-state index contributed by atoms with van der Waals surface area (Å²) in [6, 6.07) is 14.9. The number of nitrogens with zero attached hydrogens (tertiary/aromatic N) is 2. The molecule has 1 fully saturated rings. The van der Waals surface area contributed by atoms with Crippen molar-refractivity contribution >= 4 is 16.6 Å². The molecule has 0 saturated carbocycles. The number of rotatable bonds is 6. The molecule has 0 bridgehead atoms. The lowest BCUT2D eigenvalue weighted by atomic mass is 10.1. The summed E-state index contributed by atoms with van der Waals surface area (Å²) in [5, 5.41) is 18.5. The number of aliphatic hydroxyl groups excluding tert-OH is 1. The quantitative estimate of drug-likeness (QED) is 0.651. The van der Waals surface area contributed by atoms with Crippen molar-refractivity contribution in [1.82, 2.24) is 15.1 Å². The van der Waals surface area contributed by atoms with Gasteiger partial charge in [-0.15, -0.1) is 0 Å². The normalized spacial score (nSPS) is 18.9. The maximum Gasteiger partial charge on any atom is 0.217 e. The molecule has 30 heavy (non-hydrogen) atoms. The number of hydrogen-bond acceptors (Lipinski definition) is 6. The molecule has 156 valence electrons. The Morgan fingerprint density at radius 1 is 1.30 bits per heavy atom. The molecule has 1 saturated heterocycles. The minimum atomic E-state index is -0.655. The first-order chi connectivity index (χ1) is 14.6. The van der Waals surface area contributed by atoms with Crippen molar-refractivity contribution in [3.05, 3.63) is 76.6 Å². The summed E-state index contributed by atoms with van der Waals surface area (Å²) in [7, 11) is 1.63. The molecular formula is C23H25N3O4. The molecule has 1 aliphatic rings. The van der Waals surface area contributed by atoms with Gasteiger partial charge in [-0.1, -0.05) is 30.8 Å². The monoisotopic (exact) mass is 407 g/mol. The van der Waals surface area contributed by atoms with Crippen LogP contribution in [-0.4, -0.2) is 47.4 Å². The van der Waals surface area contributed by atoms with E-state index in [1.54, 1.807) is 17.9 Å². The molecule has 2 atom stereocenters. The maximum atomic E-state index is 13.1. The van der Waals surface area contributed by atoms with Crippen LogP contribution in [0.1, 0.15) is 17.7 Å². The van der Waals surface area contributed by atoms with Crippen LogP contribution in [0.4, 0.5) is 0 Å². The summed E-state index contributed by atoms with van der Waals surface area (Å²) in [6.07, 6.45) is -0.0224. The molecule has 7 nitrogen and oxygen atoms in total. The zero-order valence-corrected chi connectivity index (χ0v) is 16.9. The molecule has 0 radical (unpaired) electrons. The van der Waals surface area contributed by atoms with E-state index in [0.29, 0.717) is 30.7 Å². The van der Waals surface area contributed by atoms with E-state index < -0.39 is 6.10 Å². The smallest absolute Gasteiger partial charge is 0.217 e. The van der Waals surface area contributed by atoms with Crippen LogP contribution in [0, 0.1) is 0 Å². The fourth-order valence-electron chi connectivity index (χ4n) is 3.64. The van der Waals surface area contributed by atoms with E-state index in [4.69, 9.17) is 9.47 Å². The Hall–Kier alpha value is -3.16. The third-order valence-corrected chi connectivity index (χ3v) is 5.33. The maximum absolute atomic E-state index is 13.1. The predicted molar refractivity (Wildman–Crippen MR) is 115 cm³/mol. The van der Waals surface area contributed by atoms with E-state index >= 15 is 0 Å². The Morgan fingerprint density at radius 2 is 2.07 bits per heavy atom. The highest BCUT2D eigenvalue weighted by atomic mass is 16.5. The first-order valence-corrected chi connectivity index (χ1v) is 9.91. The summed E-state index contributed by atoms with van der Waals surface area (Å²) >= 11 is 0. The van der Waals surface area contributed by atoms with Crippen molar-refractivity contribution in [2.75, 3.05) is 20.3 Å². The van der Waals surface area contributed by atoms with Crippen LogP contribution in [0.3, 0.4) is 0 Å². The minimum absolute atomic E-state index is 0.185. The molecule has 1 aromatic heterocycles. The van der Waals surface area contributed by atoms with E-state index in [0.717, 1.165) is 16.8 Å². The van der Waals surface area contributed by atoms with Crippen molar-refractivity contribution in [3.8, 4) is 5.75 Å². The second-order valence-electron chi connectivity index (χ2n) is 7.36. The van der Waals surface area contributed by atoms with E-state index in [2.05, 4.69) is 17.0 Å². The van der Waals surface area contributed by atoms with Gasteiger partial charge in [-0.2, -0.15) is 5.10 Å². The number of aromatic nitrogens is 2. The third kappa shape index (κ3) is 4.08. The molecule has 7 heteroatoms. The number of nitrogens with one attached hydrogen (secondary N) is 1. The number of aliphatic hydroxyl groups is 1. The van der Waals surface area contributed by atoms with Gasteiger partial charge in [-0.3, -0.25) is 9.48 Å². The average Bonchev–Trinajstić information content (AvgIpc) is 2.77. The van der Waals surface area contributed by atoms with Crippen LogP contribution < -0.4 is 15.5 Å². The van der Waals surface area contributed by atoms with Gasteiger partial charge in [0.25, 0.3) is 0 Å². The topological polar surface area (TPSA) is 85.6 Å². The van der Waals surface area contributed by atoms with Gasteiger partial charge in [0.05, 0.1) is 43.6 Å². The predicted octanol–water partition coefficient (Wildman–Crippen LogP) is 2.16. The number of para-hydroxylation sites is 1. The number of benzene rings is 2. The van der Waals surface area contributed by atoms with Crippen LogP contribution in [0.25, 0.3) is 16.6 Å². The molecule has 2 heterocycles. The van der Waals surface area contributed by atoms with Gasteiger partial charge < -0.3 is 19.9 Å². The highest BCUT2D eigenvalue weighted by Gasteiger charge is 2.25. The number of ether oxygens (including phenoxy) is 2. The van der Waals surface area contributed by atoms with E-state index in [-0.39, 0.29) is 23.8 Å². The fraction of sp³-hybridized carbons (Fsp3) is 0.304. The van der Waals surface area contributed by atoms with Crippen molar-refractivity contribution in [2.24, 2.45) is 0 Å². The number of fused-ring (bicyclic) bond motifs is 1. The lowest BCUT2D eigenvalue weighted by Gasteiger charge is -2.29. The molecule has 0 amide bonds. The van der Waals surface area contributed by atoms with Crippen LogP contribution in [-0.2, 0) is 11.3 Å². The molecule has 0 aliphatic carbocycles. The molecule has 0 spiro atoms. The second-order valence-corrected chi connectivity index (χ2v) is 7.36. The van der Waals surface area contributed by atoms with E-state index in [1.807, 2.05) is 42.5 Å². The Morgan fingerprint density at radius 3 is 2.80 bits per heavy atom. The summed E-state index contributed by atoms with van der Waals surface area (Å²) in [4.78, 5) is 13.1. The van der Waals surface area contributed by atoms with Crippen LogP contribution >= 0.6 is 0 Å². The largest absolute Gasteiger partial charge is 0.497 e. The standard InChI is InChI=1S/C23H25N3O4/c1-15(24-19-11-12-30-14-21(19)27)22-23(28)18-5-3-4-6-20(18)26(25-22)13-16-7-9-17(29-2)10-8-16/h3-10,19,21,24,27H,1,11-14H2,2H3/t19?,21-/m0/s1.